The van der Waals surface area contributed by atoms with Crippen LogP contribution in [0.2, 0.25) is 0 Å². The van der Waals surface area contributed by atoms with Gasteiger partial charge >= 0.3 is 0 Å². The topological polar surface area (TPSA) is 91.7 Å². The van der Waals surface area contributed by atoms with Crippen molar-refractivity contribution in [2.24, 2.45) is 5.73 Å². The summed E-state index contributed by atoms with van der Waals surface area (Å²) in [5, 5.41) is 0. The number of ether oxygens (including phenoxy) is 1. The average Bonchev–Trinajstić information content (AvgIpc) is 3.27. The Morgan fingerprint density at radius 2 is 1.71 bits per heavy atom. The highest BCUT2D eigenvalue weighted by molar-refractivity contribution is 5.81. The Morgan fingerprint density at radius 3 is 2.41 bits per heavy atom. The number of imidazole rings is 1. The van der Waals surface area contributed by atoms with Gasteiger partial charge in [0.1, 0.15) is 17.1 Å². The van der Waals surface area contributed by atoms with Crippen molar-refractivity contribution in [3.63, 3.8) is 0 Å². The predicted octanol–water partition coefficient (Wildman–Crippen LogP) is 4.89. The zero-order chi connectivity index (χ0) is 23.1. The van der Waals surface area contributed by atoms with Crippen molar-refractivity contribution in [3.8, 4) is 34.2 Å². The van der Waals surface area contributed by atoms with Crippen LogP contribution in [0.15, 0.2) is 79.3 Å². The van der Waals surface area contributed by atoms with Gasteiger partial charge in [0.05, 0.1) is 19.5 Å². The predicted molar refractivity (Wildman–Crippen MR) is 132 cm³/mol. The SMILES string of the molecule is COc1cncc(-c2nc3cnc(-c4ccccc4)nc3n2-c2ccc(C3(N)CCC3)cc2)c1. The highest BCUT2D eigenvalue weighted by Gasteiger charge is 2.34. The molecule has 0 amide bonds. The number of methoxy groups -OCH3 is 1. The average molecular weight is 449 g/mol. The van der Waals surface area contributed by atoms with E-state index in [1.54, 1.807) is 25.7 Å². The molecule has 3 aromatic heterocycles. The zero-order valence-corrected chi connectivity index (χ0v) is 18.8. The zero-order valence-electron chi connectivity index (χ0n) is 18.8. The third kappa shape index (κ3) is 3.41. The van der Waals surface area contributed by atoms with Gasteiger partial charge in [0.15, 0.2) is 11.5 Å². The first kappa shape index (κ1) is 20.5. The molecule has 2 N–H and O–H groups in total. The lowest BCUT2D eigenvalue weighted by Crippen LogP contribution is -2.43. The fourth-order valence-corrected chi connectivity index (χ4v) is 4.48. The molecule has 168 valence electrons. The lowest BCUT2D eigenvalue weighted by Gasteiger charge is -2.38. The van der Waals surface area contributed by atoms with Crippen molar-refractivity contribution in [2.75, 3.05) is 7.11 Å². The Kier molecular flexibility index (Phi) is 4.85. The molecular formula is C27H24N6O. The second-order valence-corrected chi connectivity index (χ2v) is 8.71. The van der Waals surface area contributed by atoms with Gasteiger partial charge in [-0.25, -0.2) is 15.0 Å². The van der Waals surface area contributed by atoms with Crippen LogP contribution >= 0.6 is 0 Å². The van der Waals surface area contributed by atoms with E-state index in [2.05, 4.69) is 34.2 Å². The van der Waals surface area contributed by atoms with E-state index in [1.807, 2.05) is 41.0 Å². The van der Waals surface area contributed by atoms with Gasteiger partial charge in [-0.1, -0.05) is 42.5 Å². The van der Waals surface area contributed by atoms with Crippen LogP contribution in [-0.4, -0.2) is 31.6 Å². The number of fused-ring (bicyclic) bond motifs is 1. The molecule has 1 aliphatic rings. The van der Waals surface area contributed by atoms with Crippen molar-refractivity contribution in [3.05, 3.63) is 84.8 Å². The van der Waals surface area contributed by atoms with E-state index in [9.17, 15) is 0 Å². The second kappa shape index (κ2) is 8.04. The summed E-state index contributed by atoms with van der Waals surface area (Å²) in [6.45, 7) is 0. The maximum absolute atomic E-state index is 6.56. The molecule has 3 heterocycles. The van der Waals surface area contributed by atoms with Crippen LogP contribution in [0.5, 0.6) is 5.75 Å². The number of hydrogen-bond donors (Lipinski definition) is 1. The highest BCUT2D eigenvalue weighted by Crippen LogP contribution is 2.39. The molecule has 1 saturated carbocycles. The summed E-state index contributed by atoms with van der Waals surface area (Å²) in [6, 6.07) is 20.3. The van der Waals surface area contributed by atoms with E-state index in [0.29, 0.717) is 17.1 Å². The molecule has 5 aromatic rings. The van der Waals surface area contributed by atoms with Gasteiger partial charge in [-0.2, -0.15) is 0 Å². The van der Waals surface area contributed by atoms with Gasteiger partial charge in [-0.05, 0) is 43.0 Å². The van der Waals surface area contributed by atoms with Crippen LogP contribution in [0, 0.1) is 0 Å². The first-order chi connectivity index (χ1) is 16.6. The van der Waals surface area contributed by atoms with Crippen LogP contribution in [-0.2, 0) is 5.54 Å². The van der Waals surface area contributed by atoms with Crippen LogP contribution < -0.4 is 10.5 Å². The van der Waals surface area contributed by atoms with Crippen LogP contribution in [0.4, 0.5) is 0 Å². The monoisotopic (exact) mass is 448 g/mol. The number of benzene rings is 2. The molecular weight excluding hydrogens is 424 g/mol. The van der Waals surface area contributed by atoms with E-state index in [1.165, 1.54) is 6.42 Å². The summed E-state index contributed by atoms with van der Waals surface area (Å²) in [6.07, 6.45) is 8.46. The van der Waals surface area contributed by atoms with Gasteiger partial charge in [0.25, 0.3) is 0 Å². The Bertz CT molecular complexity index is 1470. The van der Waals surface area contributed by atoms with Gasteiger partial charge < -0.3 is 10.5 Å². The minimum Gasteiger partial charge on any atom is -0.495 e. The van der Waals surface area contributed by atoms with Gasteiger partial charge in [0.2, 0.25) is 0 Å². The molecule has 0 saturated heterocycles. The van der Waals surface area contributed by atoms with E-state index in [4.69, 9.17) is 20.4 Å². The minimum absolute atomic E-state index is 0.211. The van der Waals surface area contributed by atoms with Crippen LogP contribution in [0.25, 0.3) is 39.6 Å². The molecule has 0 aliphatic heterocycles. The molecule has 0 unspecified atom stereocenters. The second-order valence-electron chi connectivity index (χ2n) is 8.71. The quantitative estimate of drug-likeness (QED) is 0.412. The molecule has 0 atom stereocenters. The van der Waals surface area contributed by atoms with Gasteiger partial charge in [-0.3, -0.25) is 9.55 Å². The summed E-state index contributed by atoms with van der Waals surface area (Å²) >= 11 is 0. The molecule has 7 nitrogen and oxygen atoms in total. The third-order valence-electron chi connectivity index (χ3n) is 6.59. The lowest BCUT2D eigenvalue weighted by molar-refractivity contribution is 0.253. The molecule has 0 radical (unpaired) electrons. The molecule has 1 aliphatic carbocycles. The molecule has 2 aromatic carbocycles. The smallest absolute Gasteiger partial charge is 0.169 e. The fraction of sp³-hybridized carbons (Fsp3) is 0.185. The van der Waals surface area contributed by atoms with E-state index in [-0.39, 0.29) is 5.54 Å². The summed E-state index contributed by atoms with van der Waals surface area (Å²) in [4.78, 5) is 18.7. The first-order valence-electron chi connectivity index (χ1n) is 11.3. The van der Waals surface area contributed by atoms with Gasteiger partial charge in [-0.15, -0.1) is 0 Å². The number of nitrogens with zero attached hydrogens (tertiary/aromatic N) is 5. The van der Waals surface area contributed by atoms with Crippen molar-refractivity contribution < 1.29 is 4.74 Å². The fourth-order valence-electron chi connectivity index (χ4n) is 4.48. The standard InChI is InChI=1S/C27H24N6O/c1-34-22-14-19(15-29-16-22)25-31-23-17-30-24(18-6-3-2-4-7-18)32-26(23)33(25)21-10-8-20(9-11-21)27(28)12-5-13-27/h2-4,6-11,14-17H,5,12-13,28H2,1H3. The number of nitrogens with two attached hydrogens (primary N) is 1. The minimum atomic E-state index is -0.211. The maximum atomic E-state index is 6.56. The highest BCUT2D eigenvalue weighted by atomic mass is 16.5. The molecule has 0 bridgehead atoms. The Balaban J connectivity index is 1.55. The normalized spacial score (nSPS) is 14.6. The van der Waals surface area contributed by atoms with Crippen molar-refractivity contribution in [2.45, 2.75) is 24.8 Å². The molecule has 0 spiro atoms. The summed E-state index contributed by atoms with van der Waals surface area (Å²) in [7, 11) is 1.63. The van der Waals surface area contributed by atoms with Crippen molar-refractivity contribution in [1.29, 1.82) is 0 Å². The number of pyridine rings is 1. The van der Waals surface area contributed by atoms with Gasteiger partial charge in [0, 0.05) is 28.6 Å². The molecule has 6 rings (SSSR count). The van der Waals surface area contributed by atoms with Crippen LogP contribution in [0.1, 0.15) is 24.8 Å². The third-order valence-corrected chi connectivity index (χ3v) is 6.59. The van der Waals surface area contributed by atoms with E-state index in [0.717, 1.165) is 46.7 Å². The largest absolute Gasteiger partial charge is 0.495 e. The summed E-state index contributed by atoms with van der Waals surface area (Å²) in [5.74, 6) is 2.04. The summed E-state index contributed by atoms with van der Waals surface area (Å²) < 4.78 is 7.45. The Labute approximate surface area is 197 Å². The maximum Gasteiger partial charge on any atom is 0.169 e. The van der Waals surface area contributed by atoms with E-state index < -0.39 is 0 Å². The van der Waals surface area contributed by atoms with E-state index >= 15 is 0 Å². The number of rotatable bonds is 5. The lowest BCUT2D eigenvalue weighted by atomic mass is 9.73. The van der Waals surface area contributed by atoms with Crippen molar-refractivity contribution >= 4 is 11.2 Å². The number of aromatic nitrogens is 5. The molecule has 1 fully saturated rings. The van der Waals surface area contributed by atoms with Crippen molar-refractivity contribution in [1.82, 2.24) is 24.5 Å². The molecule has 34 heavy (non-hydrogen) atoms. The van der Waals surface area contributed by atoms with Crippen LogP contribution in [0.3, 0.4) is 0 Å². The number of hydrogen-bond acceptors (Lipinski definition) is 6. The molecule has 7 heteroatoms. The Morgan fingerprint density at radius 1 is 0.912 bits per heavy atom. The first-order valence-corrected chi connectivity index (χ1v) is 11.3. The summed E-state index contributed by atoms with van der Waals surface area (Å²) in [5.41, 5.74) is 11.7. The Hall–Kier alpha value is -4.10.